The molecular formula is C13H15ClO5S. The van der Waals surface area contributed by atoms with Crippen molar-refractivity contribution in [2.24, 2.45) is 5.41 Å². The number of sulfone groups is 1. The molecule has 1 aliphatic rings. The van der Waals surface area contributed by atoms with Gasteiger partial charge < -0.3 is 10.2 Å². The Hall–Kier alpha value is -1.11. The predicted octanol–water partition coefficient (Wildman–Crippen LogP) is 1.30. The van der Waals surface area contributed by atoms with E-state index in [0.29, 0.717) is 10.6 Å². The maximum atomic E-state index is 12.1. The summed E-state index contributed by atoms with van der Waals surface area (Å²) in [5.41, 5.74) is -1.09. The molecule has 0 aromatic heterocycles. The quantitative estimate of drug-likeness (QED) is 0.854. The van der Waals surface area contributed by atoms with Gasteiger partial charge in [-0.3, -0.25) is 4.79 Å². The van der Waals surface area contributed by atoms with Crippen LogP contribution < -0.4 is 0 Å². The topological polar surface area (TPSA) is 91.7 Å². The summed E-state index contributed by atoms with van der Waals surface area (Å²) in [5.74, 6) is -2.19. The highest BCUT2D eigenvalue weighted by molar-refractivity contribution is 7.92. The van der Waals surface area contributed by atoms with E-state index in [-0.39, 0.29) is 5.75 Å². The van der Waals surface area contributed by atoms with Gasteiger partial charge in [-0.2, -0.15) is 0 Å². The van der Waals surface area contributed by atoms with Crippen LogP contribution in [-0.4, -0.2) is 42.2 Å². The van der Waals surface area contributed by atoms with Gasteiger partial charge in [0.2, 0.25) is 0 Å². The van der Waals surface area contributed by atoms with Crippen molar-refractivity contribution in [3.63, 3.8) is 0 Å². The summed E-state index contributed by atoms with van der Waals surface area (Å²) in [7, 11) is -3.57. The Balaban J connectivity index is 2.50. The molecule has 2 N–H and O–H groups in total. The van der Waals surface area contributed by atoms with Gasteiger partial charge in [0, 0.05) is 16.7 Å². The van der Waals surface area contributed by atoms with Gasteiger partial charge in [-0.25, -0.2) is 8.42 Å². The highest BCUT2D eigenvalue weighted by atomic mass is 35.5. The first-order valence-corrected chi connectivity index (χ1v) is 8.22. The van der Waals surface area contributed by atoms with Crippen LogP contribution in [0.1, 0.15) is 18.4 Å². The van der Waals surface area contributed by atoms with Crippen LogP contribution in [0.15, 0.2) is 24.3 Å². The van der Waals surface area contributed by atoms with Crippen LogP contribution in [0.3, 0.4) is 0 Å². The van der Waals surface area contributed by atoms with Crippen LogP contribution in [0.5, 0.6) is 0 Å². The Morgan fingerprint density at radius 2 is 1.90 bits per heavy atom. The van der Waals surface area contributed by atoms with Gasteiger partial charge in [-0.1, -0.05) is 30.7 Å². The SMILES string of the molecule is CCS(=O)(=O)[C@@H]1[C@@H](c2ccc(Cl)cc2)[C@@]1(CO)C(=O)O. The number of aliphatic hydroxyl groups is 1. The molecule has 7 heteroatoms. The molecular weight excluding hydrogens is 304 g/mol. The number of halogens is 1. The third-order valence-electron chi connectivity index (χ3n) is 3.93. The highest BCUT2D eigenvalue weighted by Crippen LogP contribution is 2.63. The van der Waals surface area contributed by atoms with Crippen molar-refractivity contribution >= 4 is 27.4 Å². The van der Waals surface area contributed by atoms with Gasteiger partial charge in [-0.15, -0.1) is 0 Å². The number of carboxylic acid groups (broad SMARTS) is 1. The number of carbonyl (C=O) groups is 1. The summed E-state index contributed by atoms with van der Waals surface area (Å²) in [5, 5.41) is 18.2. The van der Waals surface area contributed by atoms with E-state index >= 15 is 0 Å². The lowest BCUT2D eigenvalue weighted by atomic mass is 10.0. The number of aliphatic carboxylic acids is 1. The molecule has 1 saturated carbocycles. The number of hydrogen-bond acceptors (Lipinski definition) is 4. The molecule has 0 radical (unpaired) electrons. The first-order chi connectivity index (χ1) is 9.31. The first kappa shape index (κ1) is 15.3. The van der Waals surface area contributed by atoms with Crippen LogP contribution in [0.2, 0.25) is 5.02 Å². The predicted molar refractivity (Wildman–Crippen MR) is 74.6 cm³/mol. The molecule has 20 heavy (non-hydrogen) atoms. The van der Waals surface area contributed by atoms with Crippen LogP contribution in [0.25, 0.3) is 0 Å². The van der Waals surface area contributed by atoms with E-state index in [1.54, 1.807) is 24.3 Å². The van der Waals surface area contributed by atoms with Crippen LogP contribution >= 0.6 is 11.6 Å². The average Bonchev–Trinajstić information content (AvgIpc) is 3.11. The molecule has 1 aromatic carbocycles. The van der Waals surface area contributed by atoms with Crippen molar-refractivity contribution in [1.82, 2.24) is 0 Å². The molecule has 1 fully saturated rings. The third kappa shape index (κ3) is 2.12. The van der Waals surface area contributed by atoms with Gasteiger partial charge in [0.05, 0.1) is 11.9 Å². The molecule has 2 rings (SSSR count). The summed E-state index contributed by atoms with van der Waals surface area (Å²) in [6.45, 7) is 0.760. The second kappa shape index (κ2) is 5.02. The van der Waals surface area contributed by atoms with E-state index in [0.717, 1.165) is 0 Å². The number of aliphatic hydroxyl groups excluding tert-OH is 1. The molecule has 0 amide bonds. The molecule has 0 aliphatic heterocycles. The Bertz CT molecular complexity index is 625. The van der Waals surface area contributed by atoms with Gasteiger partial charge in [-0.05, 0) is 17.7 Å². The summed E-state index contributed by atoms with van der Waals surface area (Å²) < 4.78 is 24.2. The Morgan fingerprint density at radius 1 is 1.35 bits per heavy atom. The summed E-state index contributed by atoms with van der Waals surface area (Å²) in [6.07, 6.45) is 0. The van der Waals surface area contributed by atoms with Crippen molar-refractivity contribution in [3.05, 3.63) is 34.9 Å². The minimum atomic E-state index is -3.57. The molecule has 3 atom stereocenters. The fourth-order valence-electron chi connectivity index (χ4n) is 2.77. The van der Waals surface area contributed by atoms with Crippen LogP contribution in [-0.2, 0) is 14.6 Å². The van der Waals surface area contributed by atoms with Crippen LogP contribution in [0.4, 0.5) is 0 Å². The summed E-state index contributed by atoms with van der Waals surface area (Å²) in [4.78, 5) is 11.5. The van der Waals surface area contributed by atoms with E-state index in [2.05, 4.69) is 0 Å². The Kier molecular flexibility index (Phi) is 3.83. The minimum Gasteiger partial charge on any atom is -0.481 e. The Labute approximate surface area is 122 Å². The third-order valence-corrected chi connectivity index (χ3v) is 6.46. The zero-order valence-electron chi connectivity index (χ0n) is 10.8. The molecule has 110 valence electrons. The fraction of sp³-hybridized carbons (Fsp3) is 0.462. The first-order valence-electron chi connectivity index (χ1n) is 6.12. The molecule has 0 spiro atoms. The monoisotopic (exact) mass is 318 g/mol. The van der Waals surface area contributed by atoms with Gasteiger partial charge in [0.25, 0.3) is 0 Å². The molecule has 0 heterocycles. The zero-order valence-corrected chi connectivity index (χ0v) is 12.4. The highest BCUT2D eigenvalue weighted by Gasteiger charge is 2.75. The van der Waals surface area contributed by atoms with Gasteiger partial charge in [0.1, 0.15) is 5.41 Å². The second-order valence-electron chi connectivity index (χ2n) is 4.90. The molecule has 1 aromatic rings. The van der Waals surface area contributed by atoms with Gasteiger partial charge >= 0.3 is 5.97 Å². The second-order valence-corrected chi connectivity index (χ2v) is 7.75. The van der Waals surface area contributed by atoms with E-state index in [1.807, 2.05) is 0 Å². The molecule has 0 bridgehead atoms. The molecule has 1 aliphatic carbocycles. The normalized spacial score (nSPS) is 29.1. The maximum absolute atomic E-state index is 12.1. The smallest absolute Gasteiger partial charge is 0.314 e. The number of carboxylic acids is 1. The summed E-state index contributed by atoms with van der Waals surface area (Å²) >= 11 is 5.77. The number of benzene rings is 1. The standard InChI is InChI=1S/C13H15ClO5S/c1-2-20(18,19)11-10(13(11,7-15)12(16)17)8-3-5-9(14)6-4-8/h3-6,10-11,15H,2,7H2,1H3,(H,16,17)/t10-,11-,13-/m1/s1. The van der Waals surface area contributed by atoms with E-state index in [9.17, 15) is 23.4 Å². The van der Waals surface area contributed by atoms with E-state index in [4.69, 9.17) is 11.6 Å². The minimum absolute atomic E-state index is 0.156. The molecule has 0 saturated heterocycles. The van der Waals surface area contributed by atoms with Crippen molar-refractivity contribution in [2.45, 2.75) is 18.1 Å². The lowest BCUT2D eigenvalue weighted by Gasteiger charge is -2.08. The number of hydrogen-bond donors (Lipinski definition) is 2. The fourth-order valence-corrected chi connectivity index (χ4v) is 4.95. The van der Waals surface area contributed by atoms with Gasteiger partial charge in [0.15, 0.2) is 9.84 Å². The maximum Gasteiger partial charge on any atom is 0.314 e. The average molecular weight is 319 g/mol. The molecule has 0 unspecified atom stereocenters. The Morgan fingerprint density at radius 3 is 2.30 bits per heavy atom. The van der Waals surface area contributed by atoms with Crippen molar-refractivity contribution < 1.29 is 23.4 Å². The lowest BCUT2D eigenvalue weighted by Crippen LogP contribution is -2.28. The van der Waals surface area contributed by atoms with Crippen molar-refractivity contribution in [2.75, 3.05) is 12.4 Å². The zero-order chi connectivity index (χ0) is 15.1. The lowest BCUT2D eigenvalue weighted by molar-refractivity contribution is -0.145. The van der Waals surface area contributed by atoms with E-state index in [1.165, 1.54) is 6.92 Å². The van der Waals surface area contributed by atoms with Crippen molar-refractivity contribution in [1.29, 1.82) is 0 Å². The van der Waals surface area contributed by atoms with Crippen molar-refractivity contribution in [3.8, 4) is 0 Å². The van der Waals surface area contributed by atoms with Crippen LogP contribution in [0, 0.1) is 5.41 Å². The number of rotatable bonds is 5. The largest absolute Gasteiger partial charge is 0.481 e. The van der Waals surface area contributed by atoms with E-state index < -0.39 is 39.0 Å². The molecule has 5 nitrogen and oxygen atoms in total. The summed E-state index contributed by atoms with van der Waals surface area (Å²) in [6, 6.07) is 6.36.